The molecule has 3 aromatic carbocycles. The number of hydrogen-bond donors (Lipinski definition) is 0. The molecule has 2 heteroatoms. The third kappa shape index (κ3) is 1.62. The minimum absolute atomic E-state index is 0.237. The average molecular weight is 260 g/mol. The molecule has 0 unspecified atom stereocenters. The maximum absolute atomic E-state index is 11.9. The molecule has 0 saturated carbocycles. The molecule has 1 aliphatic rings. The number of carbonyl (C=O) groups excluding carboxylic acids is 1. The zero-order chi connectivity index (χ0) is 13.5. The van der Waals surface area contributed by atoms with Crippen molar-refractivity contribution in [3.8, 4) is 0 Å². The van der Waals surface area contributed by atoms with E-state index in [1.54, 1.807) is 0 Å². The number of benzene rings is 3. The maximum atomic E-state index is 11.9. The number of fused-ring (bicyclic) bond motifs is 2. The standard InChI is InChI=1S/C18H12O2/c19-18-16-8-4-3-7-15(16)17(20-18)14-10-9-12-5-1-2-6-13(12)11-14/h1-11,17H/t17-/m1/s1. The Hall–Kier alpha value is -2.61. The quantitative estimate of drug-likeness (QED) is 0.616. The van der Waals surface area contributed by atoms with E-state index in [1.165, 1.54) is 5.39 Å². The highest BCUT2D eigenvalue weighted by molar-refractivity contribution is 5.94. The van der Waals surface area contributed by atoms with Crippen LogP contribution in [-0.2, 0) is 4.74 Å². The van der Waals surface area contributed by atoms with Gasteiger partial charge in [-0.2, -0.15) is 0 Å². The fourth-order valence-electron chi connectivity index (χ4n) is 2.76. The number of esters is 1. The molecule has 0 N–H and O–H groups in total. The van der Waals surface area contributed by atoms with Crippen molar-refractivity contribution >= 4 is 16.7 Å². The Balaban J connectivity index is 1.86. The molecule has 0 spiro atoms. The van der Waals surface area contributed by atoms with Crippen LogP contribution in [0, 0.1) is 0 Å². The molecule has 0 radical (unpaired) electrons. The van der Waals surface area contributed by atoms with Gasteiger partial charge in [-0.05, 0) is 28.5 Å². The summed E-state index contributed by atoms with van der Waals surface area (Å²) in [7, 11) is 0. The van der Waals surface area contributed by atoms with Gasteiger partial charge in [-0.15, -0.1) is 0 Å². The molecule has 0 bridgehead atoms. The third-order valence-electron chi connectivity index (χ3n) is 3.76. The first kappa shape index (κ1) is 11.2. The number of hydrogen-bond acceptors (Lipinski definition) is 2. The van der Waals surface area contributed by atoms with Crippen LogP contribution in [0.2, 0.25) is 0 Å². The lowest BCUT2D eigenvalue weighted by Crippen LogP contribution is -2.00. The molecular weight excluding hydrogens is 248 g/mol. The van der Waals surface area contributed by atoms with E-state index in [2.05, 4.69) is 24.3 Å². The Bertz CT molecular complexity index is 820. The lowest BCUT2D eigenvalue weighted by molar-refractivity contribution is 0.0456. The van der Waals surface area contributed by atoms with Crippen molar-refractivity contribution in [2.24, 2.45) is 0 Å². The van der Waals surface area contributed by atoms with Crippen LogP contribution in [0.5, 0.6) is 0 Å². The Labute approximate surface area is 116 Å². The van der Waals surface area contributed by atoms with Gasteiger partial charge in [-0.3, -0.25) is 0 Å². The number of rotatable bonds is 1. The van der Waals surface area contributed by atoms with Crippen LogP contribution in [0.25, 0.3) is 10.8 Å². The molecule has 3 aromatic rings. The van der Waals surface area contributed by atoms with Crippen molar-refractivity contribution in [1.82, 2.24) is 0 Å². The van der Waals surface area contributed by atoms with E-state index in [0.717, 1.165) is 16.5 Å². The molecule has 1 atom stereocenters. The molecular formula is C18H12O2. The van der Waals surface area contributed by atoms with Gasteiger partial charge < -0.3 is 4.74 Å². The summed E-state index contributed by atoms with van der Waals surface area (Å²) in [5, 5.41) is 2.35. The van der Waals surface area contributed by atoms with E-state index in [-0.39, 0.29) is 12.1 Å². The van der Waals surface area contributed by atoms with Crippen LogP contribution in [0.3, 0.4) is 0 Å². The normalized spacial score (nSPS) is 17.0. The Morgan fingerprint density at radius 3 is 2.45 bits per heavy atom. The number of cyclic esters (lactones) is 1. The molecule has 96 valence electrons. The fraction of sp³-hybridized carbons (Fsp3) is 0.0556. The van der Waals surface area contributed by atoms with Crippen molar-refractivity contribution in [3.63, 3.8) is 0 Å². The van der Waals surface area contributed by atoms with Gasteiger partial charge in [-0.1, -0.05) is 54.6 Å². The van der Waals surface area contributed by atoms with Gasteiger partial charge in [-0.25, -0.2) is 4.79 Å². The summed E-state index contributed by atoms with van der Waals surface area (Å²) in [6.45, 7) is 0. The topological polar surface area (TPSA) is 26.3 Å². The predicted molar refractivity (Wildman–Crippen MR) is 77.6 cm³/mol. The summed E-state index contributed by atoms with van der Waals surface area (Å²) in [5.41, 5.74) is 2.64. The highest BCUT2D eigenvalue weighted by Crippen LogP contribution is 2.36. The Morgan fingerprint density at radius 2 is 1.55 bits per heavy atom. The van der Waals surface area contributed by atoms with E-state index in [9.17, 15) is 4.79 Å². The maximum Gasteiger partial charge on any atom is 0.339 e. The summed E-state index contributed by atoms with van der Waals surface area (Å²) in [5.74, 6) is -0.237. The zero-order valence-electron chi connectivity index (χ0n) is 10.7. The van der Waals surface area contributed by atoms with Crippen molar-refractivity contribution in [2.45, 2.75) is 6.10 Å². The zero-order valence-corrected chi connectivity index (χ0v) is 10.7. The van der Waals surface area contributed by atoms with E-state index in [0.29, 0.717) is 5.56 Å². The summed E-state index contributed by atoms with van der Waals surface area (Å²) < 4.78 is 5.53. The van der Waals surface area contributed by atoms with Crippen LogP contribution in [0.4, 0.5) is 0 Å². The summed E-state index contributed by atoms with van der Waals surface area (Å²) in [6, 6.07) is 22.0. The third-order valence-corrected chi connectivity index (χ3v) is 3.76. The van der Waals surface area contributed by atoms with Crippen LogP contribution < -0.4 is 0 Å². The summed E-state index contributed by atoms with van der Waals surface area (Å²) in [4.78, 5) is 11.9. The smallest absolute Gasteiger partial charge is 0.339 e. The largest absolute Gasteiger partial charge is 0.449 e. The second kappa shape index (κ2) is 4.20. The van der Waals surface area contributed by atoms with Gasteiger partial charge in [0, 0.05) is 5.56 Å². The molecule has 4 rings (SSSR count). The average Bonchev–Trinajstić information content (AvgIpc) is 2.85. The Morgan fingerprint density at radius 1 is 0.800 bits per heavy atom. The Kier molecular flexibility index (Phi) is 2.36. The number of carbonyl (C=O) groups is 1. The molecule has 0 aromatic heterocycles. The monoisotopic (exact) mass is 260 g/mol. The highest BCUT2D eigenvalue weighted by Gasteiger charge is 2.31. The van der Waals surface area contributed by atoms with E-state index < -0.39 is 0 Å². The van der Waals surface area contributed by atoms with Gasteiger partial charge in [0.1, 0.15) is 0 Å². The second-order valence-electron chi connectivity index (χ2n) is 4.98. The highest BCUT2D eigenvalue weighted by atomic mass is 16.5. The molecule has 1 heterocycles. The first-order valence-corrected chi connectivity index (χ1v) is 6.61. The molecule has 20 heavy (non-hydrogen) atoms. The SMILES string of the molecule is O=C1O[C@H](c2ccc3ccccc3c2)c2ccccc21. The molecule has 0 fully saturated rings. The molecule has 0 aliphatic carbocycles. The van der Waals surface area contributed by atoms with Crippen LogP contribution in [-0.4, -0.2) is 5.97 Å². The van der Waals surface area contributed by atoms with Gasteiger partial charge in [0.2, 0.25) is 0 Å². The molecule has 1 aliphatic heterocycles. The lowest BCUT2D eigenvalue weighted by atomic mass is 9.97. The van der Waals surface area contributed by atoms with Gasteiger partial charge in [0.25, 0.3) is 0 Å². The van der Waals surface area contributed by atoms with Gasteiger partial charge in [0.15, 0.2) is 6.10 Å². The first-order chi connectivity index (χ1) is 9.83. The molecule has 0 amide bonds. The van der Waals surface area contributed by atoms with Gasteiger partial charge in [0.05, 0.1) is 5.56 Å². The van der Waals surface area contributed by atoms with Crippen molar-refractivity contribution in [3.05, 3.63) is 83.4 Å². The van der Waals surface area contributed by atoms with E-state index in [1.807, 2.05) is 42.5 Å². The summed E-state index contributed by atoms with van der Waals surface area (Å²) in [6.07, 6.45) is -0.289. The first-order valence-electron chi connectivity index (χ1n) is 6.61. The minimum atomic E-state index is -0.289. The molecule has 2 nitrogen and oxygen atoms in total. The van der Waals surface area contributed by atoms with Crippen molar-refractivity contribution < 1.29 is 9.53 Å². The van der Waals surface area contributed by atoms with Crippen molar-refractivity contribution in [1.29, 1.82) is 0 Å². The van der Waals surface area contributed by atoms with E-state index >= 15 is 0 Å². The fourth-order valence-corrected chi connectivity index (χ4v) is 2.76. The number of ether oxygens (including phenoxy) is 1. The van der Waals surface area contributed by atoms with Crippen molar-refractivity contribution in [2.75, 3.05) is 0 Å². The second-order valence-corrected chi connectivity index (χ2v) is 4.98. The van der Waals surface area contributed by atoms with Crippen LogP contribution in [0.1, 0.15) is 27.6 Å². The van der Waals surface area contributed by atoms with E-state index in [4.69, 9.17) is 4.74 Å². The van der Waals surface area contributed by atoms with Crippen LogP contribution >= 0.6 is 0 Å². The summed E-state index contributed by atoms with van der Waals surface area (Å²) >= 11 is 0. The molecule has 0 saturated heterocycles. The lowest BCUT2D eigenvalue weighted by Gasteiger charge is -2.12. The minimum Gasteiger partial charge on any atom is -0.449 e. The van der Waals surface area contributed by atoms with Gasteiger partial charge >= 0.3 is 5.97 Å². The van der Waals surface area contributed by atoms with Crippen LogP contribution in [0.15, 0.2) is 66.7 Å². The predicted octanol–water partition coefficient (Wildman–Crippen LogP) is 4.10.